The summed E-state index contributed by atoms with van der Waals surface area (Å²) in [6, 6.07) is 3.94. The van der Waals surface area contributed by atoms with Crippen molar-refractivity contribution in [1.29, 1.82) is 0 Å². The summed E-state index contributed by atoms with van der Waals surface area (Å²) in [6.07, 6.45) is -0.927. The van der Waals surface area contributed by atoms with E-state index >= 15 is 0 Å². The van der Waals surface area contributed by atoms with Crippen LogP contribution in [0.25, 0.3) is 10.4 Å². The maximum absolute atomic E-state index is 11.2. The SMILES string of the molecule is [N-]=[N+]=Nc1cccc(O[C@H]2CN[C@H](C(=O)O)[C@H]2CC(=O)O)c1I. The number of rotatable bonds is 6. The summed E-state index contributed by atoms with van der Waals surface area (Å²) in [4.78, 5) is 25.0. The molecule has 0 bridgehead atoms. The van der Waals surface area contributed by atoms with E-state index in [0.29, 0.717) is 15.0 Å². The Hall–Kier alpha value is -2.04. The van der Waals surface area contributed by atoms with Crippen LogP contribution in [-0.2, 0) is 9.59 Å². The first-order chi connectivity index (χ1) is 10.9. The molecule has 0 saturated carbocycles. The summed E-state index contributed by atoms with van der Waals surface area (Å²) in [5, 5.41) is 24.5. The zero-order chi connectivity index (χ0) is 17.0. The molecule has 3 N–H and O–H groups in total. The minimum atomic E-state index is -1.11. The molecule has 1 heterocycles. The van der Waals surface area contributed by atoms with Crippen molar-refractivity contribution < 1.29 is 24.5 Å². The number of ether oxygens (including phenoxy) is 1. The molecule has 1 aromatic carbocycles. The lowest BCUT2D eigenvalue weighted by Gasteiger charge is -2.22. The van der Waals surface area contributed by atoms with Crippen LogP contribution in [0.5, 0.6) is 5.75 Å². The van der Waals surface area contributed by atoms with Gasteiger partial charge in [0.15, 0.2) is 0 Å². The smallest absolute Gasteiger partial charge is 0.321 e. The number of nitrogens with one attached hydrogen (secondary N) is 1. The molecular weight excluding hydrogens is 419 g/mol. The molecule has 10 heteroatoms. The van der Waals surface area contributed by atoms with Gasteiger partial charge in [0, 0.05) is 17.4 Å². The predicted octanol–water partition coefficient (Wildman–Crippen LogP) is 2.13. The minimum absolute atomic E-state index is 0.219. The van der Waals surface area contributed by atoms with E-state index in [1.54, 1.807) is 18.2 Å². The van der Waals surface area contributed by atoms with Crippen molar-refractivity contribution in [1.82, 2.24) is 5.32 Å². The molecule has 1 aliphatic heterocycles. The highest BCUT2D eigenvalue weighted by molar-refractivity contribution is 14.1. The fourth-order valence-electron chi connectivity index (χ4n) is 2.49. The van der Waals surface area contributed by atoms with Gasteiger partial charge >= 0.3 is 11.9 Å². The molecule has 0 aromatic heterocycles. The molecule has 9 nitrogen and oxygen atoms in total. The van der Waals surface area contributed by atoms with Gasteiger partial charge in [-0.2, -0.15) is 0 Å². The van der Waals surface area contributed by atoms with E-state index in [9.17, 15) is 14.7 Å². The van der Waals surface area contributed by atoms with Gasteiger partial charge in [-0.05, 0) is 34.2 Å². The molecule has 0 unspecified atom stereocenters. The van der Waals surface area contributed by atoms with Gasteiger partial charge in [0.1, 0.15) is 17.9 Å². The maximum atomic E-state index is 11.2. The lowest BCUT2D eigenvalue weighted by Crippen LogP contribution is -2.38. The van der Waals surface area contributed by atoms with Crippen molar-refractivity contribution in [2.45, 2.75) is 18.6 Å². The number of hydrogen-bond donors (Lipinski definition) is 3. The van der Waals surface area contributed by atoms with Crippen molar-refractivity contribution in [3.8, 4) is 5.75 Å². The Kier molecular flexibility index (Phi) is 5.64. The average molecular weight is 432 g/mol. The number of hydrogen-bond acceptors (Lipinski definition) is 5. The third kappa shape index (κ3) is 4.03. The molecule has 1 aromatic rings. The van der Waals surface area contributed by atoms with Crippen molar-refractivity contribution in [2.24, 2.45) is 11.0 Å². The molecule has 0 amide bonds. The van der Waals surface area contributed by atoms with Gasteiger partial charge < -0.3 is 20.3 Å². The van der Waals surface area contributed by atoms with Crippen LogP contribution in [0.1, 0.15) is 6.42 Å². The zero-order valence-electron chi connectivity index (χ0n) is 11.7. The van der Waals surface area contributed by atoms with Crippen molar-refractivity contribution >= 4 is 40.2 Å². The molecule has 23 heavy (non-hydrogen) atoms. The van der Waals surface area contributed by atoms with Gasteiger partial charge in [0.05, 0.1) is 15.7 Å². The van der Waals surface area contributed by atoms with Gasteiger partial charge in [-0.25, -0.2) is 0 Å². The highest BCUT2D eigenvalue weighted by Gasteiger charge is 2.43. The Balaban J connectivity index is 2.24. The van der Waals surface area contributed by atoms with Crippen LogP contribution < -0.4 is 10.1 Å². The van der Waals surface area contributed by atoms with Crippen molar-refractivity contribution in [2.75, 3.05) is 6.54 Å². The van der Waals surface area contributed by atoms with E-state index in [4.69, 9.17) is 15.4 Å². The monoisotopic (exact) mass is 432 g/mol. The van der Waals surface area contributed by atoms with E-state index in [1.807, 2.05) is 22.6 Å². The molecular formula is C13H13IN4O5. The Labute approximate surface area is 144 Å². The van der Waals surface area contributed by atoms with Crippen LogP contribution in [-0.4, -0.2) is 40.8 Å². The summed E-state index contributed by atoms with van der Waals surface area (Å²) in [6.45, 7) is 0.219. The van der Waals surface area contributed by atoms with Gasteiger partial charge in [-0.1, -0.05) is 17.2 Å². The number of carbonyl (C=O) groups is 2. The molecule has 122 valence electrons. The van der Waals surface area contributed by atoms with Crippen molar-refractivity contribution in [3.05, 3.63) is 32.2 Å². The van der Waals surface area contributed by atoms with Crippen LogP contribution in [0.4, 0.5) is 5.69 Å². The highest BCUT2D eigenvalue weighted by Crippen LogP contribution is 2.33. The summed E-state index contributed by atoms with van der Waals surface area (Å²) in [5.74, 6) is -2.48. The second kappa shape index (κ2) is 7.49. The summed E-state index contributed by atoms with van der Waals surface area (Å²) in [7, 11) is 0. The molecule has 0 aliphatic carbocycles. The van der Waals surface area contributed by atoms with E-state index in [0.717, 1.165) is 0 Å². The van der Waals surface area contributed by atoms with Gasteiger partial charge in [0.2, 0.25) is 0 Å². The van der Waals surface area contributed by atoms with Gasteiger partial charge in [-0.15, -0.1) is 0 Å². The number of carboxylic acid groups (broad SMARTS) is 2. The minimum Gasteiger partial charge on any atom is -0.488 e. The number of halogens is 1. The van der Waals surface area contributed by atoms with Crippen LogP contribution in [0.3, 0.4) is 0 Å². The van der Waals surface area contributed by atoms with E-state index < -0.39 is 30.0 Å². The number of aliphatic carboxylic acids is 2. The summed E-state index contributed by atoms with van der Waals surface area (Å²) in [5.41, 5.74) is 8.92. The third-order valence-corrected chi connectivity index (χ3v) is 4.58. The van der Waals surface area contributed by atoms with E-state index in [-0.39, 0.29) is 13.0 Å². The Morgan fingerprint density at radius 3 is 2.83 bits per heavy atom. The second-order valence-electron chi connectivity index (χ2n) is 4.92. The molecule has 1 fully saturated rings. The van der Waals surface area contributed by atoms with Crippen LogP contribution in [0.15, 0.2) is 23.3 Å². The molecule has 2 rings (SSSR count). The molecule has 0 spiro atoms. The average Bonchev–Trinajstić information content (AvgIpc) is 2.86. The van der Waals surface area contributed by atoms with E-state index in [1.165, 1.54) is 0 Å². The second-order valence-corrected chi connectivity index (χ2v) is 6.00. The lowest BCUT2D eigenvalue weighted by atomic mass is 9.94. The van der Waals surface area contributed by atoms with Crippen LogP contribution in [0.2, 0.25) is 0 Å². The first-order valence-corrected chi connectivity index (χ1v) is 7.70. The standard InChI is InChI=1S/C13H13IN4O5/c14-11-7(17-18-15)2-1-3-8(11)23-9-5-16-12(13(21)22)6(9)4-10(19)20/h1-3,6,9,12,16H,4-5H2,(H,19,20)(H,21,22)/t6-,9-,12-/m0/s1. The fourth-order valence-corrected chi connectivity index (χ4v) is 3.08. The Morgan fingerprint density at radius 1 is 1.48 bits per heavy atom. The Bertz CT molecular complexity index is 676. The number of carboxylic acids is 2. The molecule has 3 atom stereocenters. The molecule has 0 radical (unpaired) electrons. The number of nitrogens with zero attached hydrogens (tertiary/aromatic N) is 3. The zero-order valence-corrected chi connectivity index (χ0v) is 13.9. The maximum Gasteiger partial charge on any atom is 0.321 e. The van der Waals surface area contributed by atoms with Gasteiger partial charge in [0.25, 0.3) is 0 Å². The van der Waals surface area contributed by atoms with E-state index in [2.05, 4.69) is 15.3 Å². The summed E-state index contributed by atoms with van der Waals surface area (Å²) < 4.78 is 6.39. The topological polar surface area (TPSA) is 145 Å². The number of benzene rings is 1. The first kappa shape index (κ1) is 17.3. The lowest BCUT2D eigenvalue weighted by molar-refractivity contribution is -0.142. The quantitative estimate of drug-likeness (QED) is 0.272. The van der Waals surface area contributed by atoms with Crippen LogP contribution in [0, 0.1) is 9.49 Å². The Morgan fingerprint density at radius 2 is 2.22 bits per heavy atom. The van der Waals surface area contributed by atoms with Crippen molar-refractivity contribution in [3.63, 3.8) is 0 Å². The first-order valence-electron chi connectivity index (χ1n) is 6.62. The summed E-state index contributed by atoms with van der Waals surface area (Å²) >= 11 is 1.96. The highest BCUT2D eigenvalue weighted by atomic mass is 127. The predicted molar refractivity (Wildman–Crippen MR) is 87.6 cm³/mol. The largest absolute Gasteiger partial charge is 0.488 e. The fraction of sp³-hybridized carbons (Fsp3) is 0.385. The van der Waals surface area contributed by atoms with Gasteiger partial charge in [-0.3, -0.25) is 9.59 Å². The third-order valence-electron chi connectivity index (χ3n) is 3.49. The molecule has 1 aliphatic rings. The number of azide groups is 1. The normalized spacial score (nSPS) is 23.1. The van der Waals surface area contributed by atoms with Crippen LogP contribution >= 0.6 is 22.6 Å². The molecule has 1 saturated heterocycles.